The first-order valence-electron chi connectivity index (χ1n) is 5.00. The van der Waals surface area contributed by atoms with Crippen molar-refractivity contribution in [3.63, 3.8) is 0 Å². The van der Waals surface area contributed by atoms with E-state index >= 15 is 0 Å². The summed E-state index contributed by atoms with van der Waals surface area (Å²) in [7, 11) is 0. The number of aliphatic hydroxyl groups excluding tert-OH is 3. The molecule has 0 bridgehead atoms. The van der Waals surface area contributed by atoms with Crippen molar-refractivity contribution >= 4 is 5.97 Å². The van der Waals surface area contributed by atoms with E-state index < -0.39 is 42.6 Å². The molecule has 7 nitrogen and oxygen atoms in total. The van der Waals surface area contributed by atoms with Gasteiger partial charge in [-0.15, -0.1) is 0 Å². The van der Waals surface area contributed by atoms with Crippen LogP contribution in [-0.2, 0) is 9.53 Å². The minimum absolute atomic E-state index is 0.132. The van der Waals surface area contributed by atoms with Crippen molar-refractivity contribution in [2.45, 2.75) is 31.0 Å². The largest absolute Gasteiger partial charge is 0.462 e. The number of esters is 1. The summed E-state index contributed by atoms with van der Waals surface area (Å²) in [5.74, 6) is -1.89. The van der Waals surface area contributed by atoms with Gasteiger partial charge in [0.15, 0.2) is 11.9 Å². The summed E-state index contributed by atoms with van der Waals surface area (Å²) in [6.45, 7) is 4.31. The fourth-order valence-corrected chi connectivity index (χ4v) is 1.73. The standard InChI is InChI=1S/C10H16O7/c1-4(2)8(13)17-3-5-6(11)7(12)10(5,16)9(14)15/h5-7,9,11-12,14-16H,1,3H2,2H3/t5?,6-,7?,10?/m1/s1. The van der Waals surface area contributed by atoms with E-state index in [2.05, 4.69) is 11.3 Å². The van der Waals surface area contributed by atoms with E-state index in [1.54, 1.807) is 0 Å². The number of rotatable bonds is 4. The number of carbonyl (C=O) groups excluding carboxylic acids is 1. The van der Waals surface area contributed by atoms with Gasteiger partial charge in [0.05, 0.1) is 12.0 Å². The molecule has 0 amide bonds. The summed E-state index contributed by atoms with van der Waals surface area (Å²) in [6, 6.07) is 0. The summed E-state index contributed by atoms with van der Waals surface area (Å²) in [4.78, 5) is 11.1. The van der Waals surface area contributed by atoms with Crippen LogP contribution < -0.4 is 0 Å². The summed E-state index contributed by atoms with van der Waals surface area (Å²) >= 11 is 0. The number of hydrogen-bond acceptors (Lipinski definition) is 7. The van der Waals surface area contributed by atoms with Gasteiger partial charge in [0.1, 0.15) is 12.7 Å². The Morgan fingerprint density at radius 1 is 1.47 bits per heavy atom. The van der Waals surface area contributed by atoms with Gasteiger partial charge >= 0.3 is 5.97 Å². The quantitative estimate of drug-likeness (QED) is 0.211. The van der Waals surface area contributed by atoms with Crippen LogP contribution in [0.1, 0.15) is 6.92 Å². The van der Waals surface area contributed by atoms with Crippen LogP contribution in [0.3, 0.4) is 0 Å². The molecule has 98 valence electrons. The van der Waals surface area contributed by atoms with Crippen LogP contribution in [0.4, 0.5) is 0 Å². The topological polar surface area (TPSA) is 127 Å². The zero-order valence-electron chi connectivity index (χ0n) is 9.28. The zero-order chi connectivity index (χ0) is 13.4. The Morgan fingerprint density at radius 3 is 2.41 bits per heavy atom. The third-order valence-electron chi connectivity index (χ3n) is 2.96. The first-order valence-corrected chi connectivity index (χ1v) is 5.00. The molecule has 0 saturated heterocycles. The minimum Gasteiger partial charge on any atom is -0.462 e. The SMILES string of the molecule is C=C(C)C(=O)OCC1[C@@H](O)C(O)C1(O)C(O)O. The Morgan fingerprint density at radius 2 is 2.00 bits per heavy atom. The van der Waals surface area contributed by atoms with E-state index in [9.17, 15) is 20.1 Å². The molecule has 0 spiro atoms. The zero-order valence-corrected chi connectivity index (χ0v) is 9.28. The maximum Gasteiger partial charge on any atom is 0.333 e. The van der Waals surface area contributed by atoms with Crippen LogP contribution in [0.5, 0.6) is 0 Å². The average Bonchev–Trinajstić information content (AvgIpc) is 2.27. The first-order chi connectivity index (χ1) is 7.72. The smallest absolute Gasteiger partial charge is 0.333 e. The van der Waals surface area contributed by atoms with Crippen LogP contribution in [0.2, 0.25) is 0 Å². The third-order valence-corrected chi connectivity index (χ3v) is 2.96. The van der Waals surface area contributed by atoms with Gasteiger partial charge in [0.2, 0.25) is 0 Å². The second kappa shape index (κ2) is 4.71. The number of aliphatic hydroxyl groups is 5. The first kappa shape index (κ1) is 14.1. The highest BCUT2D eigenvalue weighted by molar-refractivity contribution is 5.86. The highest BCUT2D eigenvalue weighted by Gasteiger charge is 2.65. The molecule has 4 atom stereocenters. The second-order valence-electron chi connectivity index (χ2n) is 4.18. The van der Waals surface area contributed by atoms with E-state index in [1.165, 1.54) is 6.92 Å². The molecule has 1 fully saturated rings. The lowest BCUT2D eigenvalue weighted by Gasteiger charge is -2.53. The van der Waals surface area contributed by atoms with Gasteiger partial charge < -0.3 is 30.3 Å². The highest BCUT2D eigenvalue weighted by Crippen LogP contribution is 2.41. The number of carbonyl (C=O) groups is 1. The maximum atomic E-state index is 11.1. The van der Waals surface area contributed by atoms with Gasteiger partial charge in [-0.1, -0.05) is 6.58 Å². The molecule has 0 radical (unpaired) electrons. The van der Waals surface area contributed by atoms with Crippen molar-refractivity contribution in [3.8, 4) is 0 Å². The van der Waals surface area contributed by atoms with Crippen molar-refractivity contribution < 1.29 is 35.1 Å². The highest BCUT2D eigenvalue weighted by atomic mass is 16.5. The molecule has 0 heterocycles. The molecular weight excluding hydrogens is 232 g/mol. The molecule has 7 heteroatoms. The molecule has 0 aliphatic heterocycles. The Balaban J connectivity index is 2.64. The molecule has 0 aromatic carbocycles. The van der Waals surface area contributed by atoms with Gasteiger partial charge in [-0.25, -0.2) is 4.79 Å². The third kappa shape index (κ3) is 2.20. The molecular formula is C10H16O7. The monoisotopic (exact) mass is 248 g/mol. The van der Waals surface area contributed by atoms with Gasteiger partial charge in [0, 0.05) is 5.57 Å². The fraction of sp³-hybridized carbons (Fsp3) is 0.700. The van der Waals surface area contributed by atoms with E-state index in [-0.39, 0.29) is 5.57 Å². The number of ether oxygens (including phenoxy) is 1. The summed E-state index contributed by atoms with van der Waals surface area (Å²) in [6.07, 6.45) is -5.33. The average molecular weight is 248 g/mol. The normalized spacial score (nSPS) is 36.5. The lowest BCUT2D eigenvalue weighted by molar-refractivity contribution is -0.338. The van der Waals surface area contributed by atoms with Crippen molar-refractivity contribution in [2.75, 3.05) is 6.61 Å². The lowest BCUT2D eigenvalue weighted by Crippen LogP contribution is -2.75. The minimum atomic E-state index is -2.30. The van der Waals surface area contributed by atoms with E-state index in [4.69, 9.17) is 10.2 Å². The molecule has 3 unspecified atom stereocenters. The van der Waals surface area contributed by atoms with Crippen LogP contribution in [-0.4, -0.2) is 62.2 Å². The maximum absolute atomic E-state index is 11.1. The lowest BCUT2D eigenvalue weighted by atomic mass is 9.64. The molecule has 1 saturated carbocycles. The summed E-state index contributed by atoms with van der Waals surface area (Å²) in [5, 5.41) is 46.2. The van der Waals surface area contributed by atoms with E-state index in [0.29, 0.717) is 0 Å². The van der Waals surface area contributed by atoms with Crippen LogP contribution in [0.15, 0.2) is 12.2 Å². The Bertz CT molecular complexity index is 327. The molecule has 0 aromatic rings. The van der Waals surface area contributed by atoms with E-state index in [1.807, 2.05) is 0 Å². The fourth-order valence-electron chi connectivity index (χ4n) is 1.73. The van der Waals surface area contributed by atoms with Crippen molar-refractivity contribution in [1.29, 1.82) is 0 Å². The Labute approximate surface area is 97.6 Å². The Kier molecular flexibility index (Phi) is 3.90. The molecule has 1 aliphatic carbocycles. The van der Waals surface area contributed by atoms with Crippen LogP contribution in [0.25, 0.3) is 0 Å². The second-order valence-corrected chi connectivity index (χ2v) is 4.18. The molecule has 1 rings (SSSR count). The molecule has 17 heavy (non-hydrogen) atoms. The van der Waals surface area contributed by atoms with Crippen molar-refractivity contribution in [1.82, 2.24) is 0 Å². The van der Waals surface area contributed by atoms with Gasteiger partial charge in [-0.05, 0) is 6.92 Å². The van der Waals surface area contributed by atoms with Gasteiger partial charge in [-0.3, -0.25) is 0 Å². The van der Waals surface area contributed by atoms with E-state index in [0.717, 1.165) is 0 Å². The van der Waals surface area contributed by atoms with Crippen molar-refractivity contribution in [3.05, 3.63) is 12.2 Å². The summed E-state index contributed by atoms with van der Waals surface area (Å²) in [5.41, 5.74) is -2.16. The molecule has 0 aromatic heterocycles. The number of hydrogen-bond donors (Lipinski definition) is 5. The predicted molar refractivity (Wildman–Crippen MR) is 54.5 cm³/mol. The van der Waals surface area contributed by atoms with Crippen LogP contribution >= 0.6 is 0 Å². The van der Waals surface area contributed by atoms with Crippen LogP contribution in [0, 0.1) is 5.92 Å². The van der Waals surface area contributed by atoms with Gasteiger partial charge in [-0.2, -0.15) is 0 Å². The molecule has 5 N–H and O–H groups in total. The predicted octanol–water partition coefficient (Wildman–Crippen LogP) is -2.50. The van der Waals surface area contributed by atoms with Gasteiger partial charge in [0.25, 0.3) is 0 Å². The summed E-state index contributed by atoms with van der Waals surface area (Å²) < 4.78 is 4.68. The molecule has 1 aliphatic rings. The van der Waals surface area contributed by atoms with Crippen molar-refractivity contribution in [2.24, 2.45) is 5.92 Å². The Hall–Kier alpha value is -0.990.